The van der Waals surface area contributed by atoms with Gasteiger partial charge >= 0.3 is 5.69 Å². The highest BCUT2D eigenvalue weighted by molar-refractivity contribution is 7.16. The predicted molar refractivity (Wildman–Crippen MR) is 82.7 cm³/mol. The monoisotopic (exact) mass is 305 g/mol. The van der Waals surface area contributed by atoms with E-state index in [4.69, 9.17) is 0 Å². The minimum Gasteiger partial charge on any atom is -0.375 e. The molecule has 20 heavy (non-hydrogen) atoms. The summed E-state index contributed by atoms with van der Waals surface area (Å²) in [5.41, 5.74) is 2.65. The fourth-order valence-electron chi connectivity index (χ4n) is 2.01. The highest BCUT2D eigenvalue weighted by Gasteiger charge is 2.20. The summed E-state index contributed by atoms with van der Waals surface area (Å²) >= 11 is 3.08. The van der Waals surface area contributed by atoms with Gasteiger partial charge in [-0.2, -0.15) is 0 Å². The number of nitrogens with one attached hydrogen (secondary N) is 1. The molecule has 0 aliphatic heterocycles. The van der Waals surface area contributed by atoms with Gasteiger partial charge < -0.3 is 5.32 Å². The molecule has 1 N–H and O–H groups in total. The number of rotatable bonds is 4. The third-order valence-corrected chi connectivity index (χ3v) is 4.70. The molecule has 7 heteroatoms. The quantitative estimate of drug-likeness (QED) is 0.580. The van der Waals surface area contributed by atoms with Crippen LogP contribution in [0.2, 0.25) is 0 Å². The van der Waals surface area contributed by atoms with E-state index in [1.54, 1.807) is 22.9 Å². The van der Waals surface area contributed by atoms with E-state index in [1.165, 1.54) is 16.2 Å². The van der Waals surface area contributed by atoms with Gasteiger partial charge in [-0.15, -0.1) is 22.7 Å². The molecule has 0 fully saturated rings. The Morgan fingerprint density at radius 3 is 2.90 bits per heavy atom. The van der Waals surface area contributed by atoms with Crippen molar-refractivity contribution in [2.75, 3.05) is 5.32 Å². The summed E-state index contributed by atoms with van der Waals surface area (Å²) in [6.07, 6.45) is 0. The summed E-state index contributed by atoms with van der Waals surface area (Å²) in [5, 5.41) is 14.4. The van der Waals surface area contributed by atoms with Gasteiger partial charge in [0.15, 0.2) is 5.52 Å². The van der Waals surface area contributed by atoms with Crippen molar-refractivity contribution < 1.29 is 4.92 Å². The lowest BCUT2D eigenvalue weighted by Crippen LogP contribution is -2.02. The summed E-state index contributed by atoms with van der Waals surface area (Å²) < 4.78 is 0.828. The normalized spacial score (nSPS) is 10.8. The van der Waals surface area contributed by atoms with Crippen molar-refractivity contribution >= 4 is 44.3 Å². The first-order chi connectivity index (χ1) is 9.65. The van der Waals surface area contributed by atoms with Gasteiger partial charge in [0.1, 0.15) is 5.69 Å². The number of nitro benzene ring substituents is 1. The van der Waals surface area contributed by atoms with E-state index >= 15 is 0 Å². The molecule has 0 aliphatic rings. The maximum absolute atomic E-state index is 11.3. The lowest BCUT2D eigenvalue weighted by atomic mass is 10.2. The van der Waals surface area contributed by atoms with Crippen LogP contribution in [0, 0.1) is 17.0 Å². The van der Waals surface area contributed by atoms with Crippen molar-refractivity contribution in [2.24, 2.45) is 0 Å². The number of aromatic nitrogens is 1. The smallest absolute Gasteiger partial charge is 0.319 e. The Hall–Kier alpha value is -1.99. The Labute approximate surface area is 123 Å². The molecule has 2 heterocycles. The van der Waals surface area contributed by atoms with Crippen LogP contribution >= 0.6 is 22.7 Å². The van der Waals surface area contributed by atoms with E-state index in [0.29, 0.717) is 17.7 Å². The highest BCUT2D eigenvalue weighted by atomic mass is 32.1. The molecule has 0 radical (unpaired) electrons. The van der Waals surface area contributed by atoms with Crippen LogP contribution in [0.15, 0.2) is 29.8 Å². The molecule has 0 saturated heterocycles. The summed E-state index contributed by atoms with van der Waals surface area (Å²) in [6, 6.07) is 7.68. The third-order valence-electron chi connectivity index (χ3n) is 2.91. The molecule has 0 aliphatic carbocycles. The molecule has 3 aromatic rings. The molecule has 0 unspecified atom stereocenters. The number of thiazole rings is 1. The van der Waals surface area contributed by atoms with E-state index in [2.05, 4.69) is 10.3 Å². The number of benzene rings is 1. The molecule has 2 aromatic heterocycles. The first-order valence-corrected chi connectivity index (χ1v) is 7.64. The number of aryl methyl sites for hydroxylation is 1. The average molecular weight is 305 g/mol. The van der Waals surface area contributed by atoms with Crippen LogP contribution in [0.1, 0.15) is 9.75 Å². The predicted octanol–water partition coefficient (Wildman–Crippen LogP) is 4.19. The molecular formula is C13H11N3O2S2. The Kier molecular flexibility index (Phi) is 3.37. The number of fused-ring (bicyclic) bond motifs is 1. The first-order valence-electron chi connectivity index (χ1n) is 5.95. The Bertz CT molecular complexity index is 779. The Balaban J connectivity index is 1.94. The zero-order chi connectivity index (χ0) is 14.1. The van der Waals surface area contributed by atoms with Crippen molar-refractivity contribution in [1.82, 2.24) is 4.98 Å². The maximum atomic E-state index is 11.3. The van der Waals surface area contributed by atoms with E-state index in [1.807, 2.05) is 25.1 Å². The van der Waals surface area contributed by atoms with E-state index in [-0.39, 0.29) is 10.6 Å². The molecule has 0 bridgehead atoms. The maximum Gasteiger partial charge on any atom is 0.319 e. The van der Waals surface area contributed by atoms with Gasteiger partial charge in [0.25, 0.3) is 0 Å². The lowest BCUT2D eigenvalue weighted by molar-refractivity contribution is -0.382. The minimum absolute atomic E-state index is 0.0528. The minimum atomic E-state index is -0.371. The van der Waals surface area contributed by atoms with Crippen LogP contribution in [0.25, 0.3) is 10.2 Å². The van der Waals surface area contributed by atoms with Crippen molar-refractivity contribution in [3.63, 3.8) is 0 Å². The Morgan fingerprint density at radius 2 is 2.20 bits per heavy atom. The number of thiophene rings is 1. The number of anilines is 1. The van der Waals surface area contributed by atoms with Crippen LogP contribution < -0.4 is 5.32 Å². The number of nitrogens with zero attached hydrogens (tertiary/aromatic N) is 2. The van der Waals surface area contributed by atoms with E-state index in [9.17, 15) is 10.1 Å². The molecule has 0 atom stereocenters. The highest BCUT2D eigenvalue weighted by Crippen LogP contribution is 2.34. The van der Waals surface area contributed by atoms with Crippen LogP contribution in [-0.4, -0.2) is 9.91 Å². The van der Waals surface area contributed by atoms with Crippen LogP contribution in [0.3, 0.4) is 0 Å². The Morgan fingerprint density at radius 1 is 1.35 bits per heavy atom. The zero-order valence-corrected chi connectivity index (χ0v) is 12.3. The van der Waals surface area contributed by atoms with E-state index < -0.39 is 0 Å². The summed E-state index contributed by atoms with van der Waals surface area (Å²) in [6.45, 7) is 2.62. The van der Waals surface area contributed by atoms with Gasteiger partial charge in [-0.3, -0.25) is 10.1 Å². The zero-order valence-electron chi connectivity index (χ0n) is 10.6. The third kappa shape index (κ3) is 2.37. The van der Waals surface area contributed by atoms with Gasteiger partial charge in [-0.1, -0.05) is 0 Å². The topological polar surface area (TPSA) is 68.1 Å². The van der Waals surface area contributed by atoms with Gasteiger partial charge in [0, 0.05) is 16.3 Å². The van der Waals surface area contributed by atoms with Crippen molar-refractivity contribution in [3.8, 4) is 0 Å². The molecule has 1 aromatic carbocycles. The lowest BCUT2D eigenvalue weighted by Gasteiger charge is -2.06. The summed E-state index contributed by atoms with van der Waals surface area (Å²) in [4.78, 5) is 17.4. The molecular weight excluding hydrogens is 294 g/mol. The molecule has 3 rings (SSSR count). The van der Waals surface area contributed by atoms with Crippen LogP contribution in [0.4, 0.5) is 11.4 Å². The van der Waals surface area contributed by atoms with E-state index in [0.717, 1.165) is 9.58 Å². The van der Waals surface area contributed by atoms with Crippen molar-refractivity contribution in [1.29, 1.82) is 0 Å². The SMILES string of the molecule is Cc1ccc(CNc2ccc3scnc3c2[N+](=O)[O-])s1. The standard InChI is InChI=1S/C13H11N3O2S2/c1-8-2-3-9(20-8)6-14-10-4-5-11-12(15-7-19-11)13(10)16(17)18/h2-5,7,14H,6H2,1H3. The largest absolute Gasteiger partial charge is 0.375 e. The van der Waals surface area contributed by atoms with Crippen LogP contribution in [-0.2, 0) is 6.54 Å². The van der Waals surface area contributed by atoms with Crippen molar-refractivity contribution in [3.05, 3.63) is 49.6 Å². The van der Waals surface area contributed by atoms with Gasteiger partial charge in [0.05, 0.1) is 15.1 Å². The van der Waals surface area contributed by atoms with Crippen molar-refractivity contribution in [2.45, 2.75) is 13.5 Å². The number of hydrogen-bond acceptors (Lipinski definition) is 6. The van der Waals surface area contributed by atoms with Gasteiger partial charge in [-0.05, 0) is 31.2 Å². The second-order valence-electron chi connectivity index (χ2n) is 4.28. The molecule has 102 valence electrons. The second-order valence-corrected chi connectivity index (χ2v) is 6.54. The molecule has 5 nitrogen and oxygen atoms in total. The first kappa shape index (κ1) is 13.0. The number of nitro groups is 1. The number of hydrogen-bond donors (Lipinski definition) is 1. The van der Waals surface area contributed by atoms with Crippen LogP contribution in [0.5, 0.6) is 0 Å². The van der Waals surface area contributed by atoms with Gasteiger partial charge in [0.2, 0.25) is 0 Å². The summed E-state index contributed by atoms with van der Waals surface area (Å²) in [7, 11) is 0. The molecule has 0 amide bonds. The summed E-state index contributed by atoms with van der Waals surface area (Å²) in [5.74, 6) is 0. The average Bonchev–Trinajstić information content (AvgIpc) is 3.03. The molecule has 0 saturated carbocycles. The fourth-order valence-corrected chi connectivity index (χ4v) is 3.52. The second kappa shape index (κ2) is 5.18. The van der Waals surface area contributed by atoms with Gasteiger partial charge in [-0.25, -0.2) is 4.98 Å². The fraction of sp³-hybridized carbons (Fsp3) is 0.154. The molecule has 0 spiro atoms.